The lowest BCUT2D eigenvalue weighted by molar-refractivity contribution is -0.150. The quantitative estimate of drug-likeness (QED) is 0.499. The van der Waals surface area contributed by atoms with Crippen LogP contribution in [0.4, 0.5) is 0 Å². The van der Waals surface area contributed by atoms with E-state index in [1.807, 2.05) is 24.3 Å². The van der Waals surface area contributed by atoms with Crippen LogP contribution in [0.1, 0.15) is 19.4 Å². The molecule has 1 atom stereocenters. The van der Waals surface area contributed by atoms with Gasteiger partial charge in [0.05, 0.1) is 13.2 Å². The molecule has 0 spiro atoms. The molecule has 3 nitrogen and oxygen atoms in total. The number of hydrogen-bond donors (Lipinski definition) is 1. The van der Waals surface area contributed by atoms with Crippen molar-refractivity contribution in [3.05, 3.63) is 33.4 Å². The summed E-state index contributed by atoms with van der Waals surface area (Å²) in [6.45, 7) is 4.22. The first-order valence-electron chi connectivity index (χ1n) is 5.66. The van der Waals surface area contributed by atoms with Gasteiger partial charge in [0.25, 0.3) is 0 Å². The summed E-state index contributed by atoms with van der Waals surface area (Å²) in [7, 11) is 0. The van der Waals surface area contributed by atoms with E-state index in [0.29, 0.717) is 13.2 Å². The number of ether oxygens (including phenoxy) is 1. The van der Waals surface area contributed by atoms with Crippen LogP contribution in [0.3, 0.4) is 0 Å². The summed E-state index contributed by atoms with van der Waals surface area (Å²) in [5.74, 6) is 2.16. The molecule has 1 N–H and O–H groups in total. The highest BCUT2D eigenvalue weighted by molar-refractivity contribution is 14.1. The molecule has 0 radical (unpaired) electrons. The molecule has 1 rings (SSSR count). The smallest absolute Gasteiger partial charge is 0.330 e. The Kier molecular flexibility index (Phi) is 5.63. The van der Waals surface area contributed by atoms with E-state index in [-0.39, 0.29) is 5.97 Å². The lowest BCUT2D eigenvalue weighted by atomic mass is 9.92. The Hall–Kier alpha value is -1.06. The predicted octanol–water partition coefficient (Wildman–Crippen LogP) is 2.29. The lowest BCUT2D eigenvalue weighted by Crippen LogP contribution is -2.47. The zero-order chi connectivity index (χ0) is 13.6. The Morgan fingerprint density at radius 2 is 2.11 bits per heavy atom. The van der Waals surface area contributed by atoms with E-state index in [4.69, 9.17) is 11.2 Å². The molecular weight excluding hydrogens is 341 g/mol. The zero-order valence-corrected chi connectivity index (χ0v) is 12.7. The van der Waals surface area contributed by atoms with Crippen LogP contribution >= 0.6 is 22.6 Å². The van der Waals surface area contributed by atoms with Crippen molar-refractivity contribution < 1.29 is 9.53 Å². The highest BCUT2D eigenvalue weighted by Crippen LogP contribution is 2.23. The fourth-order valence-electron chi connectivity index (χ4n) is 1.58. The summed E-state index contributed by atoms with van der Waals surface area (Å²) < 4.78 is 6.23. The molecule has 0 aliphatic carbocycles. The normalized spacial score (nSPS) is 13.4. The topological polar surface area (TPSA) is 38.3 Å². The first kappa shape index (κ1) is 15.0. The second-order valence-electron chi connectivity index (χ2n) is 3.91. The highest BCUT2D eigenvalue weighted by atomic mass is 127. The molecule has 0 bridgehead atoms. The summed E-state index contributed by atoms with van der Waals surface area (Å²) in [6.07, 6.45) is 5.25. The van der Waals surface area contributed by atoms with Crippen molar-refractivity contribution in [2.45, 2.75) is 19.4 Å². The van der Waals surface area contributed by atoms with Crippen molar-refractivity contribution in [3.63, 3.8) is 0 Å². The Morgan fingerprint density at radius 3 is 2.61 bits per heavy atom. The van der Waals surface area contributed by atoms with Gasteiger partial charge < -0.3 is 4.74 Å². The van der Waals surface area contributed by atoms with E-state index < -0.39 is 5.54 Å². The number of carbonyl (C=O) groups excluding carboxylic acids is 1. The molecule has 0 amide bonds. The number of rotatable bonds is 5. The molecule has 1 aromatic carbocycles. The second kappa shape index (κ2) is 6.76. The van der Waals surface area contributed by atoms with Gasteiger partial charge in [-0.2, -0.15) is 0 Å². The van der Waals surface area contributed by atoms with Gasteiger partial charge in [0.15, 0.2) is 0 Å². The first-order chi connectivity index (χ1) is 8.54. The third-order valence-electron chi connectivity index (χ3n) is 2.65. The van der Waals surface area contributed by atoms with Crippen molar-refractivity contribution >= 4 is 28.6 Å². The molecule has 18 heavy (non-hydrogen) atoms. The van der Waals surface area contributed by atoms with Crippen LogP contribution in [-0.4, -0.2) is 19.1 Å². The average Bonchev–Trinajstić information content (AvgIpc) is 2.37. The monoisotopic (exact) mass is 357 g/mol. The summed E-state index contributed by atoms with van der Waals surface area (Å²) in [4.78, 5) is 12.1. The molecule has 1 aromatic rings. The Balaban J connectivity index is 3.07. The van der Waals surface area contributed by atoms with Crippen molar-refractivity contribution in [2.75, 3.05) is 13.2 Å². The number of terminal acetylenes is 1. The van der Waals surface area contributed by atoms with Gasteiger partial charge in [-0.15, -0.1) is 6.42 Å². The fraction of sp³-hybridized carbons (Fsp3) is 0.357. The lowest BCUT2D eigenvalue weighted by Gasteiger charge is -2.28. The standard InChI is InChI=1S/C14H16INO2/c1-4-10-16-14(3,13(17)18-5-2)11-6-8-12(15)9-7-11/h1,6-9,16H,5,10H2,2-3H3. The summed E-state index contributed by atoms with van der Waals surface area (Å²) in [5.41, 5.74) is -0.0659. The molecular formula is C14H16INO2. The minimum absolute atomic E-state index is 0.307. The largest absolute Gasteiger partial charge is 0.464 e. The Morgan fingerprint density at radius 1 is 1.50 bits per heavy atom. The zero-order valence-electron chi connectivity index (χ0n) is 10.5. The van der Waals surface area contributed by atoms with Crippen molar-refractivity contribution in [1.82, 2.24) is 5.32 Å². The first-order valence-corrected chi connectivity index (χ1v) is 6.74. The second-order valence-corrected chi connectivity index (χ2v) is 5.16. The molecule has 0 heterocycles. The van der Waals surface area contributed by atoms with Gasteiger partial charge in [0.2, 0.25) is 0 Å². The number of nitrogens with one attached hydrogen (secondary N) is 1. The molecule has 4 heteroatoms. The molecule has 0 aliphatic heterocycles. The fourth-order valence-corrected chi connectivity index (χ4v) is 1.94. The van der Waals surface area contributed by atoms with E-state index >= 15 is 0 Å². The molecule has 96 valence electrons. The number of benzene rings is 1. The Labute approximate surface area is 121 Å². The predicted molar refractivity (Wildman–Crippen MR) is 80.0 cm³/mol. The number of esters is 1. The number of carbonyl (C=O) groups is 1. The molecule has 0 saturated carbocycles. The Bertz CT molecular complexity index is 450. The van der Waals surface area contributed by atoms with Crippen LogP contribution in [0.25, 0.3) is 0 Å². The molecule has 0 saturated heterocycles. The van der Waals surface area contributed by atoms with Gasteiger partial charge in [-0.3, -0.25) is 5.32 Å². The van der Waals surface area contributed by atoms with E-state index in [2.05, 4.69) is 33.8 Å². The maximum Gasteiger partial charge on any atom is 0.330 e. The van der Waals surface area contributed by atoms with E-state index in [0.717, 1.165) is 9.13 Å². The molecule has 0 fully saturated rings. The summed E-state index contributed by atoms with van der Waals surface area (Å²) >= 11 is 2.22. The highest BCUT2D eigenvalue weighted by Gasteiger charge is 2.35. The van der Waals surface area contributed by atoms with E-state index in [9.17, 15) is 4.79 Å². The van der Waals surface area contributed by atoms with Crippen LogP contribution < -0.4 is 5.32 Å². The maximum absolute atomic E-state index is 12.1. The summed E-state index contributed by atoms with van der Waals surface area (Å²) in [6, 6.07) is 7.71. The van der Waals surface area contributed by atoms with Crippen LogP contribution in [-0.2, 0) is 15.1 Å². The summed E-state index contributed by atoms with van der Waals surface area (Å²) in [5, 5.41) is 3.05. The minimum atomic E-state index is -0.910. The SMILES string of the molecule is C#CCNC(C)(C(=O)OCC)c1ccc(I)cc1. The van der Waals surface area contributed by atoms with Gasteiger partial charge >= 0.3 is 5.97 Å². The van der Waals surface area contributed by atoms with Gasteiger partial charge in [-0.1, -0.05) is 18.1 Å². The van der Waals surface area contributed by atoms with Gasteiger partial charge in [0.1, 0.15) is 5.54 Å². The molecule has 0 aromatic heterocycles. The van der Waals surface area contributed by atoms with E-state index in [1.54, 1.807) is 13.8 Å². The van der Waals surface area contributed by atoms with E-state index in [1.165, 1.54) is 0 Å². The van der Waals surface area contributed by atoms with Crippen molar-refractivity contribution in [3.8, 4) is 12.3 Å². The minimum Gasteiger partial charge on any atom is -0.464 e. The third kappa shape index (κ3) is 3.47. The van der Waals surface area contributed by atoms with Crippen LogP contribution in [0.2, 0.25) is 0 Å². The van der Waals surface area contributed by atoms with Gasteiger partial charge in [-0.25, -0.2) is 4.79 Å². The average molecular weight is 357 g/mol. The van der Waals surface area contributed by atoms with Gasteiger partial charge in [0, 0.05) is 3.57 Å². The maximum atomic E-state index is 12.1. The van der Waals surface area contributed by atoms with Crippen molar-refractivity contribution in [1.29, 1.82) is 0 Å². The number of halogens is 1. The number of hydrogen-bond acceptors (Lipinski definition) is 3. The molecule has 1 unspecified atom stereocenters. The van der Waals surface area contributed by atoms with Crippen LogP contribution in [0, 0.1) is 15.9 Å². The third-order valence-corrected chi connectivity index (χ3v) is 3.37. The van der Waals surface area contributed by atoms with Gasteiger partial charge in [-0.05, 0) is 54.1 Å². The van der Waals surface area contributed by atoms with Crippen LogP contribution in [0.15, 0.2) is 24.3 Å². The van der Waals surface area contributed by atoms with Crippen molar-refractivity contribution in [2.24, 2.45) is 0 Å². The van der Waals surface area contributed by atoms with Crippen LogP contribution in [0.5, 0.6) is 0 Å². The molecule has 0 aliphatic rings.